The molecule has 0 unspecified atom stereocenters. The van der Waals surface area contributed by atoms with Crippen molar-refractivity contribution in [3.05, 3.63) is 35.4 Å². The molecule has 0 radical (unpaired) electrons. The number of hydrogen-bond acceptors (Lipinski definition) is 2. The van der Waals surface area contributed by atoms with Gasteiger partial charge in [-0.05, 0) is 37.9 Å². The van der Waals surface area contributed by atoms with Crippen molar-refractivity contribution in [1.82, 2.24) is 4.90 Å². The summed E-state index contributed by atoms with van der Waals surface area (Å²) >= 11 is 0. The first kappa shape index (κ1) is 12.1. The molecule has 17 heavy (non-hydrogen) atoms. The van der Waals surface area contributed by atoms with Crippen molar-refractivity contribution in [3.8, 4) is 6.07 Å². The fraction of sp³-hybridized carbons (Fsp3) is 0.533. The number of hydrogen-bond donors (Lipinski definition) is 0. The highest BCUT2D eigenvalue weighted by molar-refractivity contribution is 5.25. The molecule has 1 fully saturated rings. The summed E-state index contributed by atoms with van der Waals surface area (Å²) in [4.78, 5) is 2.28. The Balaban J connectivity index is 1.96. The molecule has 0 aliphatic heterocycles. The molecule has 0 atom stereocenters. The van der Waals surface area contributed by atoms with Gasteiger partial charge in [0.2, 0.25) is 0 Å². The van der Waals surface area contributed by atoms with Crippen molar-refractivity contribution in [3.63, 3.8) is 0 Å². The average Bonchev–Trinajstić information content (AvgIpc) is 2.27. The van der Waals surface area contributed by atoms with Crippen LogP contribution in [0.1, 0.15) is 30.4 Å². The zero-order chi connectivity index (χ0) is 12.3. The molecule has 0 heterocycles. The molecule has 1 saturated carbocycles. The van der Waals surface area contributed by atoms with Gasteiger partial charge in [0.1, 0.15) is 0 Å². The minimum Gasteiger partial charge on any atom is -0.301 e. The van der Waals surface area contributed by atoms with E-state index < -0.39 is 0 Å². The van der Waals surface area contributed by atoms with Gasteiger partial charge in [0.15, 0.2) is 0 Å². The summed E-state index contributed by atoms with van der Waals surface area (Å²) in [5, 5.41) is 9.23. The summed E-state index contributed by atoms with van der Waals surface area (Å²) in [7, 11) is 2.11. The molecule has 1 aromatic carbocycles. The largest absolute Gasteiger partial charge is 0.301 e. The van der Waals surface area contributed by atoms with Crippen LogP contribution in [0.3, 0.4) is 0 Å². The molecular weight excluding hydrogens is 208 g/mol. The number of nitriles is 1. The fourth-order valence-corrected chi connectivity index (χ4v) is 2.56. The molecule has 0 amide bonds. The lowest BCUT2D eigenvalue weighted by Crippen LogP contribution is -2.39. The third-order valence-electron chi connectivity index (χ3n) is 3.82. The molecule has 2 nitrogen and oxygen atoms in total. The molecule has 1 aromatic rings. The van der Waals surface area contributed by atoms with Crippen LogP contribution in [-0.4, -0.2) is 18.5 Å². The van der Waals surface area contributed by atoms with E-state index >= 15 is 0 Å². The van der Waals surface area contributed by atoms with E-state index in [1.54, 1.807) is 0 Å². The maximum Gasteiger partial charge on any atom is 0.0703 e. The van der Waals surface area contributed by atoms with Crippen LogP contribution in [0.5, 0.6) is 0 Å². The molecule has 0 saturated heterocycles. The lowest BCUT2D eigenvalue weighted by atomic mass is 9.69. The summed E-state index contributed by atoms with van der Waals surface area (Å²) in [5.41, 5.74) is 2.64. The zero-order valence-electron chi connectivity index (χ0n) is 10.7. The molecule has 1 aliphatic rings. The second-order valence-electron chi connectivity index (χ2n) is 5.34. The highest BCUT2D eigenvalue weighted by Gasteiger charge is 2.37. The van der Waals surface area contributed by atoms with Crippen LogP contribution in [0.4, 0.5) is 0 Å². The SMILES string of the molecule is Cc1ccccc1CN(C)CC1(C#N)CCC1. The van der Waals surface area contributed by atoms with E-state index in [-0.39, 0.29) is 5.41 Å². The maximum atomic E-state index is 9.23. The first-order valence-electron chi connectivity index (χ1n) is 6.29. The molecule has 0 bridgehead atoms. The van der Waals surface area contributed by atoms with E-state index in [4.69, 9.17) is 0 Å². The van der Waals surface area contributed by atoms with Gasteiger partial charge in [-0.25, -0.2) is 0 Å². The van der Waals surface area contributed by atoms with Crippen molar-refractivity contribution in [2.75, 3.05) is 13.6 Å². The number of benzene rings is 1. The third kappa shape index (κ3) is 2.68. The standard InChI is InChI=1S/C15H20N2/c1-13-6-3-4-7-14(13)10-17(2)12-15(11-16)8-5-9-15/h3-4,6-7H,5,8-10,12H2,1-2H3. The molecule has 1 aliphatic carbocycles. The first-order chi connectivity index (χ1) is 8.15. The highest BCUT2D eigenvalue weighted by Crippen LogP contribution is 2.40. The second-order valence-corrected chi connectivity index (χ2v) is 5.34. The van der Waals surface area contributed by atoms with Crippen LogP contribution in [0, 0.1) is 23.7 Å². The first-order valence-corrected chi connectivity index (χ1v) is 6.29. The predicted octanol–water partition coefficient (Wildman–Crippen LogP) is 3.12. The smallest absolute Gasteiger partial charge is 0.0703 e. The van der Waals surface area contributed by atoms with Crippen LogP contribution < -0.4 is 0 Å². The van der Waals surface area contributed by atoms with Gasteiger partial charge in [-0.15, -0.1) is 0 Å². The number of aryl methyl sites for hydroxylation is 1. The van der Waals surface area contributed by atoms with Crippen molar-refractivity contribution in [2.45, 2.75) is 32.7 Å². The Morgan fingerprint density at radius 1 is 1.35 bits per heavy atom. The molecule has 0 N–H and O–H groups in total. The topological polar surface area (TPSA) is 27.0 Å². The lowest BCUT2D eigenvalue weighted by Gasteiger charge is -2.38. The van der Waals surface area contributed by atoms with Gasteiger partial charge in [-0.1, -0.05) is 30.7 Å². The van der Waals surface area contributed by atoms with Gasteiger partial charge < -0.3 is 4.90 Å². The Morgan fingerprint density at radius 2 is 2.06 bits per heavy atom. The molecule has 0 aromatic heterocycles. The Kier molecular flexibility index (Phi) is 3.49. The zero-order valence-corrected chi connectivity index (χ0v) is 10.7. The van der Waals surface area contributed by atoms with Gasteiger partial charge >= 0.3 is 0 Å². The number of rotatable bonds is 4. The van der Waals surface area contributed by atoms with Gasteiger partial charge in [-0.3, -0.25) is 0 Å². The normalized spacial score (nSPS) is 17.5. The Morgan fingerprint density at radius 3 is 2.59 bits per heavy atom. The molecule has 2 heteroatoms. The van der Waals surface area contributed by atoms with Gasteiger partial charge in [0, 0.05) is 13.1 Å². The Hall–Kier alpha value is -1.33. The van der Waals surface area contributed by atoms with E-state index in [0.29, 0.717) is 0 Å². The van der Waals surface area contributed by atoms with E-state index in [0.717, 1.165) is 25.9 Å². The summed E-state index contributed by atoms with van der Waals surface area (Å²) in [5.74, 6) is 0. The van der Waals surface area contributed by atoms with Gasteiger partial charge in [0.25, 0.3) is 0 Å². The van der Waals surface area contributed by atoms with E-state index in [1.807, 2.05) is 0 Å². The lowest BCUT2D eigenvalue weighted by molar-refractivity contribution is 0.134. The van der Waals surface area contributed by atoms with Crippen molar-refractivity contribution >= 4 is 0 Å². The number of nitrogens with zero attached hydrogens (tertiary/aromatic N) is 2. The summed E-state index contributed by atoms with van der Waals surface area (Å²) in [6.07, 6.45) is 3.36. The van der Waals surface area contributed by atoms with E-state index in [9.17, 15) is 5.26 Å². The quantitative estimate of drug-likeness (QED) is 0.791. The monoisotopic (exact) mass is 228 g/mol. The van der Waals surface area contributed by atoms with Crippen molar-refractivity contribution in [2.24, 2.45) is 5.41 Å². The van der Waals surface area contributed by atoms with Crippen LogP contribution in [0.15, 0.2) is 24.3 Å². The van der Waals surface area contributed by atoms with Crippen LogP contribution in [0.25, 0.3) is 0 Å². The average molecular weight is 228 g/mol. The van der Waals surface area contributed by atoms with E-state index in [1.165, 1.54) is 17.5 Å². The molecule has 2 rings (SSSR count). The van der Waals surface area contributed by atoms with Gasteiger partial charge in [0.05, 0.1) is 11.5 Å². The van der Waals surface area contributed by atoms with Crippen molar-refractivity contribution < 1.29 is 0 Å². The Bertz CT molecular complexity index is 427. The van der Waals surface area contributed by atoms with Crippen LogP contribution in [-0.2, 0) is 6.54 Å². The van der Waals surface area contributed by atoms with Crippen LogP contribution in [0.2, 0.25) is 0 Å². The second kappa shape index (κ2) is 4.89. The predicted molar refractivity (Wildman–Crippen MR) is 69.4 cm³/mol. The molecule has 0 spiro atoms. The van der Waals surface area contributed by atoms with Gasteiger partial charge in [-0.2, -0.15) is 5.26 Å². The Labute approximate surface area is 104 Å². The summed E-state index contributed by atoms with van der Waals surface area (Å²) < 4.78 is 0. The maximum absolute atomic E-state index is 9.23. The van der Waals surface area contributed by atoms with E-state index in [2.05, 4.69) is 49.2 Å². The van der Waals surface area contributed by atoms with Crippen molar-refractivity contribution in [1.29, 1.82) is 5.26 Å². The fourth-order valence-electron chi connectivity index (χ4n) is 2.56. The third-order valence-corrected chi connectivity index (χ3v) is 3.82. The van der Waals surface area contributed by atoms with Crippen LogP contribution >= 0.6 is 0 Å². The minimum atomic E-state index is -0.0581. The summed E-state index contributed by atoms with van der Waals surface area (Å²) in [6.45, 7) is 3.99. The summed E-state index contributed by atoms with van der Waals surface area (Å²) in [6, 6.07) is 11.0. The molecular formula is C15H20N2. The highest BCUT2D eigenvalue weighted by atomic mass is 15.1. The molecule has 90 valence electrons. The minimum absolute atomic E-state index is 0.0581.